The number of piperazine rings is 1. The van der Waals surface area contributed by atoms with Gasteiger partial charge in [-0.2, -0.15) is 10.4 Å². The van der Waals surface area contributed by atoms with E-state index in [2.05, 4.69) is 31.0 Å². The second kappa shape index (κ2) is 10.1. The molecule has 0 aliphatic carbocycles. The smallest absolute Gasteiger partial charge is 0.254 e. The van der Waals surface area contributed by atoms with Crippen LogP contribution in [0.4, 0.5) is 4.39 Å². The zero-order chi connectivity index (χ0) is 25.1. The van der Waals surface area contributed by atoms with Crippen molar-refractivity contribution in [2.24, 2.45) is 0 Å². The van der Waals surface area contributed by atoms with Crippen LogP contribution in [0.1, 0.15) is 22.8 Å². The summed E-state index contributed by atoms with van der Waals surface area (Å²) in [5, 5.41) is 14.9. The number of benzene rings is 1. The van der Waals surface area contributed by atoms with Crippen LogP contribution in [0, 0.1) is 17.1 Å². The quantitative estimate of drug-likeness (QED) is 0.425. The standard InChI is InChI=1S/C25H25FN8O2/c1-36-22-12-17(2-3-21(22)26)25(35)33-10-8-32(9-11-33)15-19(4-6-27)34-14-18(13-31-34)23-20-5-7-28-24(20)30-16-29-23/h2-3,5,7,12-14,16,19H,4,8-11,15H2,1H3,(H,28,29,30). The molecule has 36 heavy (non-hydrogen) atoms. The topological polar surface area (TPSA) is 116 Å². The molecule has 0 saturated carbocycles. The van der Waals surface area contributed by atoms with E-state index >= 15 is 0 Å². The van der Waals surface area contributed by atoms with Gasteiger partial charge in [-0.25, -0.2) is 14.4 Å². The lowest BCUT2D eigenvalue weighted by atomic mass is 10.1. The highest BCUT2D eigenvalue weighted by Gasteiger charge is 2.25. The molecule has 11 heteroatoms. The lowest BCUT2D eigenvalue weighted by Gasteiger charge is -2.36. The molecule has 1 saturated heterocycles. The number of nitrogens with one attached hydrogen (secondary N) is 1. The third-order valence-electron chi connectivity index (χ3n) is 6.46. The number of nitriles is 1. The van der Waals surface area contributed by atoms with Gasteiger partial charge in [-0.05, 0) is 24.3 Å². The van der Waals surface area contributed by atoms with Crippen LogP contribution < -0.4 is 4.74 Å². The number of rotatable bonds is 7. The van der Waals surface area contributed by atoms with Gasteiger partial charge in [0.25, 0.3) is 5.91 Å². The molecule has 1 aromatic carbocycles. The van der Waals surface area contributed by atoms with Crippen molar-refractivity contribution in [1.82, 2.24) is 34.5 Å². The molecule has 1 aliphatic heterocycles. The van der Waals surface area contributed by atoms with E-state index in [4.69, 9.17) is 4.74 Å². The number of carbonyl (C=O) groups is 1. The molecule has 1 fully saturated rings. The molecule has 1 atom stereocenters. The molecule has 4 heterocycles. The highest BCUT2D eigenvalue weighted by Crippen LogP contribution is 2.26. The van der Waals surface area contributed by atoms with E-state index in [1.165, 1.54) is 31.6 Å². The maximum Gasteiger partial charge on any atom is 0.254 e. The largest absolute Gasteiger partial charge is 0.494 e. The van der Waals surface area contributed by atoms with Crippen LogP contribution >= 0.6 is 0 Å². The van der Waals surface area contributed by atoms with E-state index in [0.717, 1.165) is 22.3 Å². The number of ether oxygens (including phenoxy) is 1. The van der Waals surface area contributed by atoms with E-state index < -0.39 is 5.82 Å². The average Bonchev–Trinajstić information content (AvgIpc) is 3.59. The Labute approximate surface area is 206 Å². The number of amides is 1. The first-order valence-electron chi connectivity index (χ1n) is 11.6. The molecular formula is C25H25FN8O2. The number of fused-ring (bicyclic) bond motifs is 1. The van der Waals surface area contributed by atoms with Gasteiger partial charge in [-0.15, -0.1) is 0 Å². The van der Waals surface area contributed by atoms with Gasteiger partial charge in [0.05, 0.1) is 37.5 Å². The molecule has 1 unspecified atom stereocenters. The van der Waals surface area contributed by atoms with Gasteiger partial charge >= 0.3 is 0 Å². The Morgan fingerprint density at radius 1 is 1.25 bits per heavy atom. The van der Waals surface area contributed by atoms with Crippen LogP contribution in [0.15, 0.2) is 49.2 Å². The summed E-state index contributed by atoms with van der Waals surface area (Å²) >= 11 is 0. The van der Waals surface area contributed by atoms with Gasteiger partial charge in [-0.1, -0.05) is 0 Å². The van der Waals surface area contributed by atoms with Crippen molar-refractivity contribution in [3.05, 3.63) is 60.6 Å². The Morgan fingerprint density at radius 3 is 2.86 bits per heavy atom. The van der Waals surface area contributed by atoms with Crippen molar-refractivity contribution in [3.63, 3.8) is 0 Å². The molecule has 184 valence electrons. The van der Waals surface area contributed by atoms with E-state index in [-0.39, 0.29) is 17.7 Å². The minimum Gasteiger partial charge on any atom is -0.494 e. The fraction of sp³-hybridized carbons (Fsp3) is 0.320. The number of H-pyrrole nitrogens is 1. The summed E-state index contributed by atoms with van der Waals surface area (Å²) < 4.78 is 20.5. The summed E-state index contributed by atoms with van der Waals surface area (Å²) in [6.45, 7) is 3.03. The molecule has 0 radical (unpaired) electrons. The monoisotopic (exact) mass is 488 g/mol. The highest BCUT2D eigenvalue weighted by molar-refractivity contribution is 5.94. The molecule has 1 amide bonds. The second-order valence-electron chi connectivity index (χ2n) is 8.63. The highest BCUT2D eigenvalue weighted by atomic mass is 19.1. The molecular weight excluding hydrogens is 463 g/mol. The van der Waals surface area contributed by atoms with Crippen LogP contribution in [0.25, 0.3) is 22.3 Å². The lowest BCUT2D eigenvalue weighted by Crippen LogP contribution is -2.50. The van der Waals surface area contributed by atoms with Crippen molar-refractivity contribution < 1.29 is 13.9 Å². The molecule has 1 N–H and O–H groups in total. The number of hydrogen-bond acceptors (Lipinski definition) is 7. The number of nitrogens with zero attached hydrogens (tertiary/aromatic N) is 7. The number of methoxy groups -OCH3 is 1. The summed E-state index contributed by atoms with van der Waals surface area (Å²) in [6.07, 6.45) is 7.31. The molecule has 3 aromatic heterocycles. The number of hydrogen-bond donors (Lipinski definition) is 1. The van der Waals surface area contributed by atoms with Crippen molar-refractivity contribution in [2.45, 2.75) is 12.5 Å². The number of aromatic nitrogens is 5. The van der Waals surface area contributed by atoms with Gasteiger partial charge in [0.15, 0.2) is 11.6 Å². The third kappa shape index (κ3) is 4.63. The predicted molar refractivity (Wildman–Crippen MR) is 130 cm³/mol. The fourth-order valence-corrected chi connectivity index (χ4v) is 4.52. The molecule has 10 nitrogen and oxygen atoms in total. The number of halogens is 1. The van der Waals surface area contributed by atoms with Crippen LogP contribution in [-0.2, 0) is 0 Å². The summed E-state index contributed by atoms with van der Waals surface area (Å²) in [5.41, 5.74) is 2.80. The van der Waals surface area contributed by atoms with E-state index in [1.807, 2.05) is 23.1 Å². The molecule has 1 aliphatic rings. The molecule has 5 rings (SSSR count). The minimum absolute atomic E-state index is 0.0524. The van der Waals surface area contributed by atoms with Crippen molar-refractivity contribution in [2.75, 3.05) is 39.8 Å². The van der Waals surface area contributed by atoms with Crippen molar-refractivity contribution in [1.29, 1.82) is 5.26 Å². The van der Waals surface area contributed by atoms with Crippen LogP contribution in [0.2, 0.25) is 0 Å². The Bertz CT molecular complexity index is 1420. The summed E-state index contributed by atoms with van der Waals surface area (Å²) in [6, 6.07) is 8.21. The van der Waals surface area contributed by atoms with Crippen LogP contribution in [0.5, 0.6) is 5.75 Å². The van der Waals surface area contributed by atoms with Crippen LogP contribution in [-0.4, -0.2) is 80.3 Å². The second-order valence-corrected chi connectivity index (χ2v) is 8.63. The summed E-state index contributed by atoms with van der Waals surface area (Å²) in [4.78, 5) is 28.6. The van der Waals surface area contributed by atoms with Crippen molar-refractivity contribution in [3.8, 4) is 23.1 Å². The van der Waals surface area contributed by atoms with Crippen LogP contribution in [0.3, 0.4) is 0 Å². The van der Waals surface area contributed by atoms with Gasteiger partial charge in [0.2, 0.25) is 0 Å². The SMILES string of the molecule is COc1cc(C(=O)N2CCN(CC(CC#N)n3cc(-c4ncnc5[nH]ccc45)cn3)CC2)ccc1F. The molecule has 0 spiro atoms. The first kappa shape index (κ1) is 23.4. The molecule has 4 aromatic rings. The first-order valence-corrected chi connectivity index (χ1v) is 11.6. The number of carbonyl (C=O) groups excluding carboxylic acids is 1. The maximum absolute atomic E-state index is 13.7. The van der Waals surface area contributed by atoms with E-state index in [9.17, 15) is 14.4 Å². The number of aromatic amines is 1. The lowest BCUT2D eigenvalue weighted by molar-refractivity contribution is 0.0617. The maximum atomic E-state index is 13.7. The predicted octanol–water partition coefficient (Wildman–Crippen LogP) is 2.88. The molecule has 0 bridgehead atoms. The summed E-state index contributed by atoms with van der Waals surface area (Å²) in [7, 11) is 1.38. The Morgan fingerprint density at radius 2 is 2.08 bits per heavy atom. The first-order chi connectivity index (χ1) is 17.6. The van der Waals surface area contributed by atoms with Gasteiger partial charge < -0.3 is 14.6 Å². The minimum atomic E-state index is -0.499. The zero-order valence-electron chi connectivity index (χ0n) is 19.8. The van der Waals surface area contributed by atoms with Gasteiger partial charge in [0.1, 0.15) is 12.0 Å². The van der Waals surface area contributed by atoms with Gasteiger partial charge in [0, 0.05) is 61.6 Å². The van der Waals surface area contributed by atoms with E-state index in [0.29, 0.717) is 44.7 Å². The average molecular weight is 489 g/mol. The van der Waals surface area contributed by atoms with Crippen molar-refractivity contribution >= 4 is 16.9 Å². The van der Waals surface area contributed by atoms with Gasteiger partial charge in [-0.3, -0.25) is 14.4 Å². The summed E-state index contributed by atoms with van der Waals surface area (Å²) in [5.74, 6) is -0.600. The third-order valence-corrected chi connectivity index (χ3v) is 6.46. The zero-order valence-corrected chi connectivity index (χ0v) is 19.8. The Kier molecular flexibility index (Phi) is 6.60. The Hall–Kier alpha value is -4.30. The van der Waals surface area contributed by atoms with E-state index in [1.54, 1.807) is 11.1 Å². The fourth-order valence-electron chi connectivity index (χ4n) is 4.52. The Balaban J connectivity index is 1.24. The normalized spacial score (nSPS) is 15.1.